The lowest BCUT2D eigenvalue weighted by atomic mass is 9.74. The minimum atomic E-state index is -0.0442. The second kappa shape index (κ2) is 12.2. The van der Waals surface area contributed by atoms with E-state index in [2.05, 4.69) is 27.8 Å². The third-order valence-electron chi connectivity index (χ3n) is 4.90. The van der Waals surface area contributed by atoms with E-state index in [0.717, 1.165) is 56.5 Å². The van der Waals surface area contributed by atoms with Gasteiger partial charge in [-0.15, -0.1) is 0 Å². The molecule has 0 atom stereocenters. The molecule has 0 bridgehead atoms. The molecule has 0 saturated carbocycles. The van der Waals surface area contributed by atoms with Gasteiger partial charge in [-0.25, -0.2) is 0 Å². The number of ether oxygens (including phenoxy) is 3. The van der Waals surface area contributed by atoms with Crippen LogP contribution in [0, 0.1) is 0 Å². The molecule has 6 nitrogen and oxygen atoms in total. The van der Waals surface area contributed by atoms with Crippen molar-refractivity contribution in [3.05, 3.63) is 34.9 Å². The molecule has 1 saturated heterocycles. The van der Waals surface area contributed by atoms with Crippen molar-refractivity contribution in [3.8, 4) is 0 Å². The number of guanidine groups is 1. The van der Waals surface area contributed by atoms with Crippen molar-refractivity contribution in [1.29, 1.82) is 0 Å². The van der Waals surface area contributed by atoms with Gasteiger partial charge in [0.05, 0.1) is 13.2 Å². The van der Waals surface area contributed by atoms with Gasteiger partial charge < -0.3 is 24.8 Å². The lowest BCUT2D eigenvalue weighted by Crippen LogP contribution is -2.48. The van der Waals surface area contributed by atoms with Crippen LogP contribution < -0.4 is 10.6 Å². The quantitative estimate of drug-likeness (QED) is 0.361. The average molecular weight is 398 g/mol. The maximum Gasteiger partial charge on any atom is 0.191 e. The number of nitrogens with zero attached hydrogens (tertiary/aromatic N) is 1. The number of hydrogen-bond acceptors (Lipinski definition) is 4. The van der Waals surface area contributed by atoms with Crippen LogP contribution in [0.5, 0.6) is 0 Å². The van der Waals surface area contributed by atoms with Crippen LogP contribution in [0.25, 0.3) is 0 Å². The Kier molecular flexibility index (Phi) is 9.91. The van der Waals surface area contributed by atoms with E-state index in [0.29, 0.717) is 19.8 Å². The second-order valence-electron chi connectivity index (χ2n) is 6.68. The number of rotatable bonds is 10. The fraction of sp³-hybridized carbons (Fsp3) is 0.650. The van der Waals surface area contributed by atoms with Gasteiger partial charge in [-0.1, -0.05) is 29.8 Å². The molecular formula is C20H32ClN3O3. The summed E-state index contributed by atoms with van der Waals surface area (Å²) in [5.41, 5.74) is 1.14. The Morgan fingerprint density at radius 2 is 1.96 bits per heavy atom. The predicted molar refractivity (Wildman–Crippen MR) is 110 cm³/mol. The number of nitrogens with one attached hydrogen (secondary N) is 2. The van der Waals surface area contributed by atoms with Gasteiger partial charge in [0.1, 0.15) is 0 Å². The zero-order valence-corrected chi connectivity index (χ0v) is 17.2. The van der Waals surface area contributed by atoms with E-state index >= 15 is 0 Å². The third-order valence-corrected chi connectivity index (χ3v) is 5.23. The first kappa shape index (κ1) is 22.0. The van der Waals surface area contributed by atoms with Gasteiger partial charge in [0.25, 0.3) is 0 Å². The molecule has 0 amide bonds. The Morgan fingerprint density at radius 1 is 1.19 bits per heavy atom. The first-order chi connectivity index (χ1) is 13.2. The summed E-state index contributed by atoms with van der Waals surface area (Å²) in [5.74, 6) is 0.796. The second-order valence-corrected chi connectivity index (χ2v) is 7.09. The van der Waals surface area contributed by atoms with E-state index in [-0.39, 0.29) is 5.41 Å². The molecule has 0 aliphatic carbocycles. The maximum atomic E-state index is 6.51. The molecule has 2 N–H and O–H groups in total. The van der Waals surface area contributed by atoms with Crippen LogP contribution in [-0.4, -0.2) is 66.2 Å². The van der Waals surface area contributed by atoms with Crippen molar-refractivity contribution in [2.45, 2.75) is 24.7 Å². The first-order valence-corrected chi connectivity index (χ1v) is 9.93. The molecule has 0 unspecified atom stereocenters. The van der Waals surface area contributed by atoms with Crippen LogP contribution in [0.1, 0.15) is 24.8 Å². The van der Waals surface area contributed by atoms with E-state index in [9.17, 15) is 0 Å². The Bertz CT molecular complexity index is 577. The summed E-state index contributed by atoms with van der Waals surface area (Å²) in [4.78, 5) is 4.34. The zero-order chi connectivity index (χ0) is 19.4. The molecule has 1 aliphatic heterocycles. The molecule has 2 rings (SSSR count). The predicted octanol–water partition coefficient (Wildman–Crippen LogP) is 2.61. The van der Waals surface area contributed by atoms with Gasteiger partial charge in [-0.3, -0.25) is 4.99 Å². The molecule has 27 heavy (non-hydrogen) atoms. The summed E-state index contributed by atoms with van der Waals surface area (Å²) in [6, 6.07) is 8.12. The van der Waals surface area contributed by atoms with Gasteiger partial charge in [0.2, 0.25) is 0 Å². The number of aliphatic imine (C=N–C) groups is 1. The van der Waals surface area contributed by atoms with E-state index in [1.807, 2.05) is 12.1 Å². The number of methoxy groups -OCH3 is 1. The molecule has 1 aliphatic rings. The minimum Gasteiger partial charge on any atom is -0.382 e. The molecular weight excluding hydrogens is 366 g/mol. The summed E-state index contributed by atoms with van der Waals surface area (Å²) in [6.45, 7) is 5.03. The highest BCUT2D eigenvalue weighted by molar-refractivity contribution is 6.31. The van der Waals surface area contributed by atoms with Crippen LogP contribution >= 0.6 is 11.6 Å². The molecule has 0 aromatic heterocycles. The van der Waals surface area contributed by atoms with Crippen LogP contribution in [0.4, 0.5) is 0 Å². The van der Waals surface area contributed by atoms with E-state index < -0.39 is 0 Å². The Balaban J connectivity index is 1.85. The summed E-state index contributed by atoms with van der Waals surface area (Å²) in [7, 11) is 3.46. The summed E-state index contributed by atoms with van der Waals surface area (Å²) in [6.07, 6.45) is 2.79. The largest absolute Gasteiger partial charge is 0.382 e. The van der Waals surface area contributed by atoms with Crippen molar-refractivity contribution < 1.29 is 14.2 Å². The van der Waals surface area contributed by atoms with E-state index in [1.165, 1.54) is 5.56 Å². The molecule has 1 aromatic rings. The molecule has 152 valence electrons. The van der Waals surface area contributed by atoms with Crippen molar-refractivity contribution in [2.75, 3.05) is 60.3 Å². The molecule has 1 fully saturated rings. The zero-order valence-electron chi connectivity index (χ0n) is 16.4. The Labute approximate surface area is 167 Å². The van der Waals surface area contributed by atoms with Crippen molar-refractivity contribution in [3.63, 3.8) is 0 Å². The molecule has 0 spiro atoms. The topological polar surface area (TPSA) is 64.1 Å². The Hall–Kier alpha value is -1.34. The van der Waals surface area contributed by atoms with Crippen LogP contribution in [0.2, 0.25) is 5.02 Å². The number of halogens is 1. The standard InChI is InChI=1S/C20H32ClN3O3/c1-22-19(23-10-5-11-26-15-14-25-2)24-16-20(8-12-27-13-9-20)17-6-3-4-7-18(17)21/h3-4,6-7H,5,8-16H2,1-2H3,(H2,22,23,24). The molecule has 7 heteroatoms. The van der Waals surface area contributed by atoms with Crippen LogP contribution in [0.3, 0.4) is 0 Å². The summed E-state index contributed by atoms with van der Waals surface area (Å²) < 4.78 is 16.0. The monoisotopic (exact) mass is 397 g/mol. The average Bonchev–Trinajstić information content (AvgIpc) is 2.70. The third kappa shape index (κ3) is 6.96. The molecule has 0 radical (unpaired) electrons. The van der Waals surface area contributed by atoms with Crippen molar-refractivity contribution >= 4 is 17.6 Å². The van der Waals surface area contributed by atoms with E-state index in [4.69, 9.17) is 25.8 Å². The fourth-order valence-corrected chi connectivity index (χ4v) is 3.63. The summed E-state index contributed by atoms with van der Waals surface area (Å²) in [5, 5.41) is 7.64. The van der Waals surface area contributed by atoms with Gasteiger partial charge in [-0.05, 0) is 30.9 Å². The minimum absolute atomic E-state index is 0.0442. The first-order valence-electron chi connectivity index (χ1n) is 9.56. The Morgan fingerprint density at radius 3 is 2.67 bits per heavy atom. The van der Waals surface area contributed by atoms with Crippen molar-refractivity contribution in [1.82, 2.24) is 10.6 Å². The van der Waals surface area contributed by atoms with Crippen molar-refractivity contribution in [2.24, 2.45) is 4.99 Å². The number of hydrogen-bond donors (Lipinski definition) is 2. The molecule has 1 heterocycles. The van der Waals surface area contributed by atoms with Gasteiger partial charge in [-0.2, -0.15) is 0 Å². The maximum absolute atomic E-state index is 6.51. The molecule has 1 aromatic carbocycles. The van der Waals surface area contributed by atoms with Crippen LogP contribution in [0.15, 0.2) is 29.3 Å². The lowest BCUT2D eigenvalue weighted by Gasteiger charge is -2.38. The van der Waals surface area contributed by atoms with Gasteiger partial charge in [0, 0.05) is 57.5 Å². The van der Waals surface area contributed by atoms with Gasteiger partial charge >= 0.3 is 0 Å². The van der Waals surface area contributed by atoms with Gasteiger partial charge in [0.15, 0.2) is 5.96 Å². The highest BCUT2D eigenvalue weighted by atomic mass is 35.5. The summed E-state index contributed by atoms with van der Waals surface area (Å²) >= 11 is 6.51. The van der Waals surface area contributed by atoms with E-state index in [1.54, 1.807) is 14.2 Å². The smallest absolute Gasteiger partial charge is 0.191 e. The highest BCUT2D eigenvalue weighted by Gasteiger charge is 2.36. The lowest BCUT2D eigenvalue weighted by molar-refractivity contribution is 0.0514. The number of benzene rings is 1. The normalized spacial score (nSPS) is 16.9. The van der Waals surface area contributed by atoms with Crippen LogP contribution in [-0.2, 0) is 19.6 Å². The highest BCUT2D eigenvalue weighted by Crippen LogP contribution is 2.38. The fourth-order valence-electron chi connectivity index (χ4n) is 3.29. The SMILES string of the molecule is CN=C(NCCCOCCOC)NCC1(c2ccccc2Cl)CCOCC1.